The molecule has 0 unspecified atom stereocenters. The number of benzene rings is 2. The van der Waals surface area contributed by atoms with Gasteiger partial charge in [0.1, 0.15) is 6.33 Å². The third-order valence-corrected chi connectivity index (χ3v) is 5.00. The van der Waals surface area contributed by atoms with Gasteiger partial charge in [0.2, 0.25) is 11.9 Å². The van der Waals surface area contributed by atoms with Crippen LogP contribution in [-0.2, 0) is 19.1 Å². The molecule has 31 heavy (non-hydrogen) atoms. The first-order chi connectivity index (χ1) is 14.8. The Morgan fingerprint density at radius 1 is 1.10 bits per heavy atom. The van der Waals surface area contributed by atoms with Crippen molar-refractivity contribution in [1.29, 1.82) is 0 Å². The van der Waals surface area contributed by atoms with E-state index in [0.29, 0.717) is 48.2 Å². The fraction of sp³-hybridized carbons (Fsp3) is 0.238. The Hall–Kier alpha value is -3.69. The third-order valence-electron chi connectivity index (χ3n) is 5.00. The molecule has 2 N–H and O–H groups in total. The van der Waals surface area contributed by atoms with E-state index < -0.39 is 11.7 Å². The quantitative estimate of drug-likeness (QED) is 0.661. The van der Waals surface area contributed by atoms with Gasteiger partial charge >= 0.3 is 6.18 Å². The van der Waals surface area contributed by atoms with E-state index in [1.807, 2.05) is 4.90 Å². The number of nitrogens with zero attached hydrogens (tertiary/aromatic N) is 4. The number of carbonyl (C=O) groups is 1. The maximum atomic E-state index is 12.9. The van der Waals surface area contributed by atoms with Crippen molar-refractivity contribution in [2.45, 2.75) is 19.1 Å². The number of fused-ring (bicyclic) bond motifs is 1. The lowest BCUT2D eigenvalue weighted by molar-refractivity contribution is -0.137. The van der Waals surface area contributed by atoms with Crippen LogP contribution in [0.1, 0.15) is 27.0 Å². The minimum atomic E-state index is -4.35. The van der Waals surface area contributed by atoms with Gasteiger partial charge in [0, 0.05) is 31.4 Å². The number of alkyl halides is 3. The minimum absolute atomic E-state index is 0.208. The van der Waals surface area contributed by atoms with Gasteiger partial charge in [-0.3, -0.25) is 4.79 Å². The van der Waals surface area contributed by atoms with Crippen molar-refractivity contribution in [3.05, 3.63) is 71.0 Å². The Labute approximate surface area is 176 Å². The predicted octanol–water partition coefficient (Wildman–Crippen LogP) is 3.56. The zero-order chi connectivity index (χ0) is 22.0. The zero-order valence-electron chi connectivity index (χ0n) is 16.6. The summed E-state index contributed by atoms with van der Waals surface area (Å²) in [5, 5.41) is 5.62. The van der Waals surface area contributed by atoms with Crippen LogP contribution in [0.25, 0.3) is 0 Å². The second-order valence-corrected chi connectivity index (χ2v) is 7.05. The van der Waals surface area contributed by atoms with Gasteiger partial charge in [0.25, 0.3) is 5.91 Å². The van der Waals surface area contributed by atoms with Crippen molar-refractivity contribution in [2.24, 2.45) is 0 Å². The predicted molar refractivity (Wildman–Crippen MR) is 109 cm³/mol. The van der Waals surface area contributed by atoms with Crippen molar-refractivity contribution in [3.8, 4) is 0 Å². The van der Waals surface area contributed by atoms with E-state index in [2.05, 4.69) is 25.6 Å². The fourth-order valence-corrected chi connectivity index (χ4v) is 3.41. The summed E-state index contributed by atoms with van der Waals surface area (Å²) in [5.41, 5.74) is 2.00. The number of nitrogens with one attached hydrogen (secondary N) is 2. The molecule has 0 atom stereocenters. The summed E-state index contributed by atoms with van der Waals surface area (Å²) in [6, 6.07) is 10.7. The number of halogens is 3. The van der Waals surface area contributed by atoms with Crippen LogP contribution in [-0.4, -0.2) is 34.5 Å². The van der Waals surface area contributed by atoms with Crippen molar-refractivity contribution < 1.29 is 18.0 Å². The standard InChI is InChI=1S/C21H19F3N6O/c1-25-18(31)14-3-2-4-17(10-14)28-19-26-12-27-20(29-19)30-8-7-13-9-16(21(22,23)24)6-5-15(13)11-30/h2-6,9-10,12H,7-8,11H2,1H3,(H,25,31)(H,26,27,28,29). The van der Waals surface area contributed by atoms with Crippen LogP contribution in [0.5, 0.6) is 0 Å². The molecule has 0 spiro atoms. The van der Waals surface area contributed by atoms with Crippen LogP contribution < -0.4 is 15.5 Å². The van der Waals surface area contributed by atoms with Crippen LogP contribution in [0.15, 0.2) is 48.8 Å². The van der Waals surface area contributed by atoms with Crippen molar-refractivity contribution in [1.82, 2.24) is 20.3 Å². The van der Waals surface area contributed by atoms with Crippen LogP contribution in [0.2, 0.25) is 0 Å². The van der Waals surface area contributed by atoms with Gasteiger partial charge in [-0.1, -0.05) is 12.1 Å². The summed E-state index contributed by atoms with van der Waals surface area (Å²) < 4.78 is 38.8. The molecule has 1 aromatic heterocycles. The van der Waals surface area contributed by atoms with Gasteiger partial charge < -0.3 is 15.5 Å². The second kappa shape index (κ2) is 8.21. The normalized spacial score (nSPS) is 13.5. The Bertz CT molecular complexity index is 1120. The number of rotatable bonds is 4. The van der Waals surface area contributed by atoms with E-state index in [4.69, 9.17) is 0 Å². The molecule has 2 heterocycles. The molecule has 0 saturated heterocycles. The Balaban J connectivity index is 1.51. The number of aromatic nitrogens is 3. The van der Waals surface area contributed by atoms with E-state index in [1.165, 1.54) is 18.5 Å². The van der Waals surface area contributed by atoms with Gasteiger partial charge in [0.15, 0.2) is 0 Å². The van der Waals surface area contributed by atoms with Crippen molar-refractivity contribution >= 4 is 23.5 Å². The average molecular weight is 428 g/mol. The fourth-order valence-electron chi connectivity index (χ4n) is 3.41. The maximum absolute atomic E-state index is 12.9. The smallest absolute Gasteiger partial charge is 0.355 e. The Kier molecular flexibility index (Phi) is 5.45. The maximum Gasteiger partial charge on any atom is 0.416 e. The summed E-state index contributed by atoms with van der Waals surface area (Å²) in [4.78, 5) is 26.5. The molecular weight excluding hydrogens is 409 g/mol. The molecular formula is C21H19F3N6O. The molecule has 0 aliphatic carbocycles. The molecule has 1 amide bonds. The van der Waals surface area contributed by atoms with E-state index in [0.717, 1.165) is 11.6 Å². The number of anilines is 3. The number of carbonyl (C=O) groups excluding carboxylic acids is 1. The van der Waals surface area contributed by atoms with Gasteiger partial charge in [-0.2, -0.15) is 18.2 Å². The lowest BCUT2D eigenvalue weighted by atomic mass is 9.97. The summed E-state index contributed by atoms with van der Waals surface area (Å²) in [7, 11) is 1.56. The van der Waals surface area contributed by atoms with Crippen LogP contribution in [0.3, 0.4) is 0 Å². The largest absolute Gasteiger partial charge is 0.416 e. The Morgan fingerprint density at radius 2 is 1.94 bits per heavy atom. The summed E-state index contributed by atoms with van der Waals surface area (Å²) >= 11 is 0. The van der Waals surface area contributed by atoms with Gasteiger partial charge in [-0.25, -0.2) is 9.97 Å². The first kappa shape index (κ1) is 20.6. The summed E-state index contributed by atoms with van der Waals surface area (Å²) in [6.07, 6.45) is -2.52. The molecule has 0 radical (unpaired) electrons. The van der Waals surface area contributed by atoms with Crippen LogP contribution >= 0.6 is 0 Å². The molecule has 0 saturated carbocycles. The van der Waals surface area contributed by atoms with Gasteiger partial charge in [0.05, 0.1) is 5.56 Å². The lowest BCUT2D eigenvalue weighted by Crippen LogP contribution is -2.32. The van der Waals surface area contributed by atoms with E-state index in [9.17, 15) is 18.0 Å². The summed E-state index contributed by atoms with van der Waals surface area (Å²) in [6.45, 7) is 0.896. The molecule has 2 aromatic carbocycles. The van der Waals surface area contributed by atoms with Crippen molar-refractivity contribution in [3.63, 3.8) is 0 Å². The first-order valence-corrected chi connectivity index (χ1v) is 9.55. The second-order valence-electron chi connectivity index (χ2n) is 7.05. The number of hydrogen-bond acceptors (Lipinski definition) is 6. The van der Waals surface area contributed by atoms with Gasteiger partial charge in [-0.15, -0.1) is 0 Å². The molecule has 10 heteroatoms. The van der Waals surface area contributed by atoms with E-state index in [1.54, 1.807) is 31.3 Å². The third kappa shape index (κ3) is 4.57. The molecule has 3 aromatic rings. The highest BCUT2D eigenvalue weighted by Gasteiger charge is 2.31. The van der Waals surface area contributed by atoms with Crippen LogP contribution in [0, 0.1) is 0 Å². The highest BCUT2D eigenvalue weighted by molar-refractivity contribution is 5.95. The van der Waals surface area contributed by atoms with E-state index >= 15 is 0 Å². The zero-order valence-corrected chi connectivity index (χ0v) is 16.6. The highest BCUT2D eigenvalue weighted by atomic mass is 19.4. The number of amides is 1. The summed E-state index contributed by atoms with van der Waals surface area (Å²) in [5.74, 6) is 0.517. The van der Waals surface area contributed by atoms with E-state index in [-0.39, 0.29) is 5.91 Å². The molecule has 4 rings (SSSR count). The Morgan fingerprint density at radius 3 is 2.71 bits per heavy atom. The monoisotopic (exact) mass is 428 g/mol. The molecule has 1 aliphatic heterocycles. The molecule has 1 aliphatic rings. The van der Waals surface area contributed by atoms with Crippen molar-refractivity contribution in [2.75, 3.05) is 23.8 Å². The lowest BCUT2D eigenvalue weighted by Gasteiger charge is -2.29. The number of hydrogen-bond donors (Lipinski definition) is 2. The highest BCUT2D eigenvalue weighted by Crippen LogP contribution is 2.32. The average Bonchev–Trinajstić information content (AvgIpc) is 2.77. The topological polar surface area (TPSA) is 83.0 Å². The van der Waals surface area contributed by atoms with Gasteiger partial charge in [-0.05, 0) is 47.9 Å². The molecule has 0 bridgehead atoms. The molecule has 160 valence electrons. The first-order valence-electron chi connectivity index (χ1n) is 9.55. The minimum Gasteiger partial charge on any atom is -0.355 e. The SMILES string of the molecule is CNC(=O)c1cccc(Nc2ncnc(N3CCc4cc(C(F)(F)F)ccc4C3)n2)c1. The van der Waals surface area contributed by atoms with Crippen LogP contribution in [0.4, 0.5) is 30.8 Å². The molecule has 0 fully saturated rings. The molecule has 7 nitrogen and oxygen atoms in total.